The lowest BCUT2D eigenvalue weighted by atomic mass is 9.90. The zero-order valence-electron chi connectivity index (χ0n) is 15.7. The first-order chi connectivity index (χ1) is 13.6. The van der Waals surface area contributed by atoms with Gasteiger partial charge in [-0.2, -0.15) is 0 Å². The van der Waals surface area contributed by atoms with E-state index in [4.69, 9.17) is 4.74 Å². The summed E-state index contributed by atoms with van der Waals surface area (Å²) >= 11 is 0. The molecule has 0 unspecified atom stereocenters. The van der Waals surface area contributed by atoms with Crippen molar-refractivity contribution >= 4 is 23.3 Å². The second-order valence-electron chi connectivity index (χ2n) is 7.46. The van der Waals surface area contributed by atoms with Crippen LogP contribution >= 0.6 is 0 Å². The van der Waals surface area contributed by atoms with E-state index < -0.39 is 11.9 Å². The fourth-order valence-electron chi connectivity index (χ4n) is 3.97. The number of Topliss-reactive ketones (excluding diaryl/α,β-unsaturated/α-hetero) is 1. The van der Waals surface area contributed by atoms with Crippen molar-refractivity contribution in [2.24, 2.45) is 5.92 Å². The normalized spacial score (nSPS) is 18.6. The fourth-order valence-corrected chi connectivity index (χ4v) is 3.97. The Morgan fingerprint density at radius 2 is 1.75 bits per heavy atom. The Morgan fingerprint density at radius 1 is 1.00 bits per heavy atom. The monoisotopic (exact) mass is 377 g/mol. The largest absolute Gasteiger partial charge is 0.457 e. The van der Waals surface area contributed by atoms with Gasteiger partial charge >= 0.3 is 5.97 Å². The predicted octanol–water partition coefficient (Wildman–Crippen LogP) is 3.34. The minimum absolute atomic E-state index is 0.103. The highest BCUT2D eigenvalue weighted by Gasteiger charge is 2.36. The number of anilines is 1. The SMILES string of the molecule is O=C(COC(=O)[C@H]1CC(=O)N(c2ccccc2)C1)c1ccc2c(c1)CCCC2. The Labute approximate surface area is 164 Å². The molecule has 0 bridgehead atoms. The van der Waals surface area contributed by atoms with Gasteiger partial charge < -0.3 is 9.64 Å². The Balaban J connectivity index is 1.34. The topological polar surface area (TPSA) is 63.7 Å². The molecule has 1 saturated heterocycles. The van der Waals surface area contributed by atoms with Gasteiger partial charge in [0.25, 0.3) is 0 Å². The van der Waals surface area contributed by atoms with Gasteiger partial charge in [-0.05, 0) is 55.0 Å². The number of nitrogens with zero attached hydrogens (tertiary/aromatic N) is 1. The van der Waals surface area contributed by atoms with Crippen molar-refractivity contribution in [3.8, 4) is 0 Å². The number of benzene rings is 2. The second-order valence-corrected chi connectivity index (χ2v) is 7.46. The Hall–Kier alpha value is -2.95. The number of aryl methyl sites for hydroxylation is 2. The third-order valence-corrected chi connectivity index (χ3v) is 5.54. The summed E-state index contributed by atoms with van der Waals surface area (Å²) in [4.78, 5) is 38.7. The van der Waals surface area contributed by atoms with Crippen molar-refractivity contribution in [1.29, 1.82) is 0 Å². The number of carbonyl (C=O) groups is 3. The van der Waals surface area contributed by atoms with Crippen LogP contribution in [0, 0.1) is 5.92 Å². The Bertz CT molecular complexity index is 906. The van der Waals surface area contributed by atoms with E-state index in [0.29, 0.717) is 5.56 Å². The fraction of sp³-hybridized carbons (Fsp3) is 0.348. The Morgan fingerprint density at radius 3 is 2.54 bits per heavy atom. The minimum atomic E-state index is -0.538. The van der Waals surface area contributed by atoms with Gasteiger partial charge in [0.05, 0.1) is 5.92 Å². The maximum Gasteiger partial charge on any atom is 0.311 e. The summed E-state index contributed by atoms with van der Waals surface area (Å²) in [6.07, 6.45) is 4.51. The van der Waals surface area contributed by atoms with Crippen molar-refractivity contribution in [3.05, 3.63) is 65.2 Å². The summed E-state index contributed by atoms with van der Waals surface area (Å²) in [6.45, 7) is 0.00234. The molecule has 1 aliphatic carbocycles. The molecule has 4 rings (SSSR count). The molecule has 1 heterocycles. The first-order valence-electron chi connectivity index (χ1n) is 9.79. The summed E-state index contributed by atoms with van der Waals surface area (Å²) < 4.78 is 5.25. The number of amides is 1. The van der Waals surface area contributed by atoms with Crippen molar-refractivity contribution in [3.63, 3.8) is 0 Å². The molecular formula is C23H23NO4. The number of para-hydroxylation sites is 1. The smallest absolute Gasteiger partial charge is 0.311 e. The van der Waals surface area contributed by atoms with Crippen molar-refractivity contribution in [2.45, 2.75) is 32.1 Å². The van der Waals surface area contributed by atoms with E-state index in [1.54, 1.807) is 4.90 Å². The third kappa shape index (κ3) is 3.84. The summed E-state index contributed by atoms with van der Waals surface area (Å²) in [7, 11) is 0. The first kappa shape index (κ1) is 18.4. The number of esters is 1. The molecule has 0 aromatic heterocycles. The quantitative estimate of drug-likeness (QED) is 0.592. The van der Waals surface area contributed by atoms with E-state index in [1.165, 1.54) is 17.5 Å². The minimum Gasteiger partial charge on any atom is -0.457 e. The van der Waals surface area contributed by atoms with Crippen molar-refractivity contribution in [1.82, 2.24) is 0 Å². The average molecular weight is 377 g/mol. The molecular weight excluding hydrogens is 354 g/mol. The van der Waals surface area contributed by atoms with Crippen LogP contribution in [0.1, 0.15) is 40.7 Å². The molecule has 1 fully saturated rings. The summed E-state index contributed by atoms with van der Waals surface area (Å²) in [6, 6.07) is 15.0. The van der Waals surface area contributed by atoms with Gasteiger partial charge in [-0.15, -0.1) is 0 Å². The molecule has 0 spiro atoms. The van der Waals surface area contributed by atoms with E-state index in [9.17, 15) is 14.4 Å². The van der Waals surface area contributed by atoms with E-state index in [-0.39, 0.29) is 31.3 Å². The highest BCUT2D eigenvalue weighted by atomic mass is 16.5. The number of ether oxygens (including phenoxy) is 1. The number of fused-ring (bicyclic) bond motifs is 1. The van der Waals surface area contributed by atoms with Gasteiger partial charge in [0, 0.05) is 24.2 Å². The van der Waals surface area contributed by atoms with Gasteiger partial charge in [0.2, 0.25) is 5.91 Å². The van der Waals surface area contributed by atoms with Gasteiger partial charge in [0.15, 0.2) is 12.4 Å². The van der Waals surface area contributed by atoms with E-state index in [0.717, 1.165) is 24.9 Å². The summed E-state index contributed by atoms with van der Waals surface area (Å²) in [5, 5.41) is 0. The highest BCUT2D eigenvalue weighted by Crippen LogP contribution is 2.26. The average Bonchev–Trinajstić information content (AvgIpc) is 3.13. The van der Waals surface area contributed by atoms with Crippen LogP contribution in [-0.2, 0) is 27.2 Å². The van der Waals surface area contributed by atoms with Crippen LogP contribution in [0.3, 0.4) is 0 Å². The van der Waals surface area contributed by atoms with Gasteiger partial charge in [-0.3, -0.25) is 14.4 Å². The molecule has 1 aliphatic heterocycles. The number of ketones is 1. The predicted molar refractivity (Wildman–Crippen MR) is 105 cm³/mol. The lowest BCUT2D eigenvalue weighted by Crippen LogP contribution is -2.27. The van der Waals surface area contributed by atoms with Crippen LogP contribution in [-0.4, -0.2) is 30.8 Å². The maximum absolute atomic E-state index is 12.4. The number of carbonyl (C=O) groups excluding carboxylic acids is 3. The van der Waals surface area contributed by atoms with Gasteiger partial charge in [0.1, 0.15) is 0 Å². The molecule has 28 heavy (non-hydrogen) atoms. The number of hydrogen-bond donors (Lipinski definition) is 0. The summed E-state index contributed by atoms with van der Waals surface area (Å²) in [5.74, 6) is -1.33. The molecule has 5 heteroatoms. The lowest BCUT2D eigenvalue weighted by Gasteiger charge is -2.17. The van der Waals surface area contributed by atoms with Gasteiger partial charge in [-0.1, -0.05) is 30.3 Å². The maximum atomic E-state index is 12.4. The zero-order valence-corrected chi connectivity index (χ0v) is 15.7. The molecule has 5 nitrogen and oxygen atoms in total. The van der Waals surface area contributed by atoms with Crippen LogP contribution in [0.25, 0.3) is 0 Å². The summed E-state index contributed by atoms with van der Waals surface area (Å²) in [5.41, 5.74) is 3.89. The first-order valence-corrected chi connectivity index (χ1v) is 9.79. The number of hydrogen-bond acceptors (Lipinski definition) is 4. The zero-order chi connectivity index (χ0) is 19.5. The van der Waals surface area contributed by atoms with Crippen molar-refractivity contribution in [2.75, 3.05) is 18.1 Å². The Kier molecular flexibility index (Phi) is 5.24. The lowest BCUT2D eigenvalue weighted by molar-refractivity contribution is -0.147. The van der Waals surface area contributed by atoms with E-state index >= 15 is 0 Å². The molecule has 2 aromatic rings. The molecule has 0 radical (unpaired) electrons. The highest BCUT2D eigenvalue weighted by molar-refractivity contribution is 6.01. The molecule has 2 aromatic carbocycles. The standard InChI is InChI=1S/C23H23NO4/c25-21(18-11-10-16-6-4-5-7-17(16)12-18)15-28-23(27)19-13-22(26)24(14-19)20-8-2-1-3-9-20/h1-3,8-12,19H,4-7,13-15H2/t19-/m0/s1. The molecule has 0 N–H and O–H groups in total. The van der Waals surface area contributed by atoms with Gasteiger partial charge in [-0.25, -0.2) is 0 Å². The van der Waals surface area contributed by atoms with Crippen LogP contribution in [0.2, 0.25) is 0 Å². The molecule has 2 aliphatic rings. The van der Waals surface area contributed by atoms with Crippen LogP contribution in [0.15, 0.2) is 48.5 Å². The van der Waals surface area contributed by atoms with Crippen molar-refractivity contribution < 1.29 is 19.1 Å². The molecule has 1 atom stereocenters. The molecule has 144 valence electrons. The second kappa shape index (κ2) is 7.97. The van der Waals surface area contributed by atoms with E-state index in [2.05, 4.69) is 0 Å². The molecule has 1 amide bonds. The number of rotatable bonds is 5. The third-order valence-electron chi connectivity index (χ3n) is 5.54. The van der Waals surface area contributed by atoms with Crippen LogP contribution < -0.4 is 4.90 Å². The van der Waals surface area contributed by atoms with Crippen LogP contribution in [0.4, 0.5) is 5.69 Å². The van der Waals surface area contributed by atoms with E-state index in [1.807, 2.05) is 48.5 Å². The van der Waals surface area contributed by atoms with Crippen LogP contribution in [0.5, 0.6) is 0 Å². The molecule has 0 saturated carbocycles.